The highest BCUT2D eigenvalue weighted by molar-refractivity contribution is 6.05. The standard InChI is InChI=1S/C22H18F3NO4/c1-28-16-6-3-14(4-7-16)21(27)26-19-13-15(22(23,24)25)5-12-20(19)30-18-10-8-17(29-2)9-11-18/h3-13H,1-2H3,(H,26,27). The van der Waals surface area contributed by atoms with E-state index in [9.17, 15) is 18.0 Å². The van der Waals surface area contributed by atoms with Crippen LogP contribution in [0.25, 0.3) is 0 Å². The smallest absolute Gasteiger partial charge is 0.416 e. The summed E-state index contributed by atoms with van der Waals surface area (Å²) in [6.07, 6.45) is -4.57. The molecule has 0 fully saturated rings. The van der Waals surface area contributed by atoms with Gasteiger partial charge in [-0.2, -0.15) is 13.2 Å². The average Bonchev–Trinajstić information content (AvgIpc) is 2.74. The number of halogens is 3. The maximum atomic E-state index is 13.2. The zero-order valence-corrected chi connectivity index (χ0v) is 16.1. The Kier molecular flexibility index (Phi) is 6.15. The highest BCUT2D eigenvalue weighted by Gasteiger charge is 2.31. The summed E-state index contributed by atoms with van der Waals surface area (Å²) in [7, 11) is 3.00. The predicted molar refractivity (Wildman–Crippen MR) is 105 cm³/mol. The van der Waals surface area contributed by atoms with Gasteiger partial charge in [0.2, 0.25) is 0 Å². The van der Waals surface area contributed by atoms with E-state index < -0.39 is 17.6 Å². The maximum absolute atomic E-state index is 13.2. The first-order valence-electron chi connectivity index (χ1n) is 8.78. The second kappa shape index (κ2) is 8.77. The molecule has 0 saturated heterocycles. The molecule has 30 heavy (non-hydrogen) atoms. The lowest BCUT2D eigenvalue weighted by Gasteiger charge is -2.15. The predicted octanol–water partition coefficient (Wildman–Crippen LogP) is 5.77. The van der Waals surface area contributed by atoms with Crippen LogP contribution in [0, 0.1) is 0 Å². The van der Waals surface area contributed by atoms with Gasteiger partial charge in [-0.15, -0.1) is 0 Å². The molecule has 0 aliphatic heterocycles. The van der Waals surface area contributed by atoms with Crippen molar-refractivity contribution in [1.82, 2.24) is 0 Å². The van der Waals surface area contributed by atoms with Crippen molar-refractivity contribution in [3.8, 4) is 23.0 Å². The van der Waals surface area contributed by atoms with Crippen LogP contribution < -0.4 is 19.5 Å². The fourth-order valence-corrected chi connectivity index (χ4v) is 2.60. The summed E-state index contributed by atoms with van der Waals surface area (Å²) in [6.45, 7) is 0. The molecule has 3 aromatic carbocycles. The summed E-state index contributed by atoms with van der Waals surface area (Å²) in [6, 6.07) is 15.6. The molecule has 1 amide bonds. The molecule has 3 rings (SSSR count). The van der Waals surface area contributed by atoms with Crippen molar-refractivity contribution in [2.45, 2.75) is 6.18 Å². The lowest BCUT2D eigenvalue weighted by Crippen LogP contribution is -2.14. The number of amides is 1. The summed E-state index contributed by atoms with van der Waals surface area (Å²) in [5.74, 6) is 0.999. The lowest BCUT2D eigenvalue weighted by molar-refractivity contribution is -0.137. The van der Waals surface area contributed by atoms with Crippen molar-refractivity contribution in [1.29, 1.82) is 0 Å². The molecule has 5 nitrogen and oxygen atoms in total. The first-order valence-corrected chi connectivity index (χ1v) is 8.78. The SMILES string of the molecule is COc1ccc(Oc2ccc(C(F)(F)F)cc2NC(=O)c2ccc(OC)cc2)cc1. The Balaban J connectivity index is 1.90. The van der Waals surface area contributed by atoms with Crippen LogP contribution in [0.15, 0.2) is 66.7 Å². The maximum Gasteiger partial charge on any atom is 0.416 e. The molecule has 8 heteroatoms. The molecule has 0 saturated carbocycles. The number of carbonyl (C=O) groups is 1. The van der Waals surface area contributed by atoms with E-state index in [2.05, 4.69) is 5.32 Å². The summed E-state index contributed by atoms with van der Waals surface area (Å²) in [4.78, 5) is 12.6. The van der Waals surface area contributed by atoms with Crippen LogP contribution in [0.5, 0.6) is 23.0 Å². The molecule has 0 radical (unpaired) electrons. The van der Waals surface area contributed by atoms with Gasteiger partial charge in [-0.1, -0.05) is 0 Å². The summed E-state index contributed by atoms with van der Waals surface area (Å²) in [5, 5.41) is 2.49. The van der Waals surface area contributed by atoms with Crippen LogP contribution in [0.2, 0.25) is 0 Å². The number of rotatable bonds is 6. The van der Waals surface area contributed by atoms with Crippen LogP contribution in [-0.2, 0) is 6.18 Å². The molecular weight excluding hydrogens is 399 g/mol. The topological polar surface area (TPSA) is 56.8 Å². The van der Waals surface area contributed by atoms with E-state index in [4.69, 9.17) is 14.2 Å². The second-order valence-corrected chi connectivity index (χ2v) is 6.17. The van der Waals surface area contributed by atoms with Crippen molar-refractivity contribution in [2.75, 3.05) is 19.5 Å². The van der Waals surface area contributed by atoms with Gasteiger partial charge < -0.3 is 19.5 Å². The Labute approximate surface area is 171 Å². The van der Waals surface area contributed by atoms with E-state index in [0.29, 0.717) is 17.2 Å². The molecule has 156 valence electrons. The highest BCUT2D eigenvalue weighted by Crippen LogP contribution is 2.37. The van der Waals surface area contributed by atoms with E-state index in [1.807, 2.05) is 0 Å². The molecule has 0 aromatic heterocycles. The molecule has 0 atom stereocenters. The van der Waals surface area contributed by atoms with Gasteiger partial charge in [0.05, 0.1) is 25.5 Å². The lowest BCUT2D eigenvalue weighted by atomic mass is 10.1. The quantitative estimate of drug-likeness (QED) is 0.554. The van der Waals surface area contributed by atoms with Gasteiger partial charge in [0.15, 0.2) is 5.75 Å². The van der Waals surface area contributed by atoms with Gasteiger partial charge in [0.25, 0.3) is 5.91 Å². The Hall–Kier alpha value is -3.68. The van der Waals surface area contributed by atoms with Crippen LogP contribution in [0.4, 0.5) is 18.9 Å². The number of ether oxygens (including phenoxy) is 3. The largest absolute Gasteiger partial charge is 0.497 e. The van der Waals surface area contributed by atoms with E-state index in [1.54, 1.807) is 36.4 Å². The van der Waals surface area contributed by atoms with Crippen LogP contribution in [-0.4, -0.2) is 20.1 Å². The van der Waals surface area contributed by atoms with Crippen molar-refractivity contribution < 1.29 is 32.2 Å². The molecule has 0 aliphatic rings. The summed E-state index contributed by atoms with van der Waals surface area (Å²) in [5.41, 5.74) is -0.764. The average molecular weight is 417 g/mol. The van der Waals surface area contributed by atoms with Crippen molar-refractivity contribution in [3.05, 3.63) is 77.9 Å². The minimum Gasteiger partial charge on any atom is -0.497 e. The third-order valence-corrected chi connectivity index (χ3v) is 4.19. The molecule has 3 aromatic rings. The van der Waals surface area contributed by atoms with Gasteiger partial charge in [-0.25, -0.2) is 0 Å². The third kappa shape index (κ3) is 5.02. The fraction of sp³-hybridized carbons (Fsp3) is 0.136. The number of alkyl halides is 3. The third-order valence-electron chi connectivity index (χ3n) is 4.19. The van der Waals surface area contributed by atoms with E-state index in [1.165, 1.54) is 26.4 Å². The zero-order chi connectivity index (χ0) is 21.7. The second-order valence-electron chi connectivity index (χ2n) is 6.17. The Bertz CT molecular complexity index is 1020. The zero-order valence-electron chi connectivity index (χ0n) is 16.1. The van der Waals surface area contributed by atoms with Crippen LogP contribution in [0.3, 0.4) is 0 Å². The Morgan fingerprint density at radius 3 is 1.87 bits per heavy atom. The summed E-state index contributed by atoms with van der Waals surface area (Å²) < 4.78 is 55.3. The number of hydrogen-bond acceptors (Lipinski definition) is 4. The van der Waals surface area contributed by atoms with Gasteiger partial charge >= 0.3 is 6.18 Å². The van der Waals surface area contributed by atoms with E-state index in [0.717, 1.165) is 18.2 Å². The van der Waals surface area contributed by atoms with Gasteiger partial charge in [0, 0.05) is 5.56 Å². The number of nitrogens with one attached hydrogen (secondary N) is 1. The molecule has 0 unspecified atom stereocenters. The van der Waals surface area contributed by atoms with Crippen molar-refractivity contribution in [3.63, 3.8) is 0 Å². The van der Waals surface area contributed by atoms with Gasteiger partial charge in [0.1, 0.15) is 17.2 Å². The minimum absolute atomic E-state index is 0.0648. The van der Waals surface area contributed by atoms with E-state index >= 15 is 0 Å². The van der Waals surface area contributed by atoms with E-state index in [-0.39, 0.29) is 17.0 Å². The van der Waals surface area contributed by atoms with Gasteiger partial charge in [-0.3, -0.25) is 4.79 Å². The van der Waals surface area contributed by atoms with Crippen LogP contribution >= 0.6 is 0 Å². The number of hydrogen-bond donors (Lipinski definition) is 1. The monoisotopic (exact) mass is 417 g/mol. The Morgan fingerprint density at radius 1 is 0.800 bits per heavy atom. The number of carbonyl (C=O) groups excluding carboxylic acids is 1. The number of benzene rings is 3. The van der Waals surface area contributed by atoms with Crippen molar-refractivity contribution in [2.24, 2.45) is 0 Å². The Morgan fingerprint density at radius 2 is 1.33 bits per heavy atom. The van der Waals surface area contributed by atoms with Crippen LogP contribution in [0.1, 0.15) is 15.9 Å². The normalized spacial score (nSPS) is 11.0. The first kappa shape index (κ1) is 21.0. The first-order chi connectivity index (χ1) is 14.3. The molecule has 0 spiro atoms. The molecule has 1 N–H and O–H groups in total. The number of anilines is 1. The fourth-order valence-electron chi connectivity index (χ4n) is 2.60. The van der Waals surface area contributed by atoms with Gasteiger partial charge in [-0.05, 0) is 66.7 Å². The minimum atomic E-state index is -4.57. The number of methoxy groups -OCH3 is 2. The summed E-state index contributed by atoms with van der Waals surface area (Å²) >= 11 is 0. The molecular formula is C22H18F3NO4. The molecule has 0 heterocycles. The highest BCUT2D eigenvalue weighted by atomic mass is 19.4. The van der Waals surface area contributed by atoms with Crippen molar-refractivity contribution >= 4 is 11.6 Å². The molecule has 0 aliphatic carbocycles. The molecule has 0 bridgehead atoms.